The number of para-hydroxylation sites is 1. The minimum atomic E-state index is 0. The standard InChI is InChI=1S/C20H24N4OS.ClH/c1-14-17-11-18(19(25)23-10-6-7-15(13-23)12-21-2)26-20(17)24(22-14)16-8-4-3-5-9-16;/h3-5,8-9,11,15,21H,6-7,10,12-13H2,1-2H3;1H. The first kappa shape index (κ1) is 19.9. The van der Waals surface area contributed by atoms with Crippen LogP contribution in [-0.4, -0.2) is 47.3 Å². The lowest BCUT2D eigenvalue weighted by Crippen LogP contribution is -2.42. The lowest BCUT2D eigenvalue weighted by molar-refractivity contribution is 0.0679. The second kappa shape index (κ2) is 8.42. The number of benzene rings is 1. The molecular formula is C20H25ClN4OS. The molecule has 0 radical (unpaired) electrons. The number of nitrogens with one attached hydrogen (secondary N) is 1. The van der Waals surface area contributed by atoms with Crippen LogP contribution in [0.1, 0.15) is 28.2 Å². The van der Waals surface area contributed by atoms with Gasteiger partial charge in [-0.2, -0.15) is 5.10 Å². The molecule has 1 aliphatic heterocycles. The molecule has 2 aromatic heterocycles. The van der Waals surface area contributed by atoms with Gasteiger partial charge in [0.2, 0.25) is 0 Å². The van der Waals surface area contributed by atoms with Crippen molar-refractivity contribution in [2.24, 2.45) is 5.92 Å². The molecule has 3 heterocycles. The molecule has 7 heteroatoms. The number of halogens is 1. The fourth-order valence-electron chi connectivity index (χ4n) is 3.76. The van der Waals surface area contributed by atoms with Crippen LogP contribution in [0.4, 0.5) is 0 Å². The molecular weight excluding hydrogens is 380 g/mol. The number of hydrogen-bond acceptors (Lipinski definition) is 4. The fourth-order valence-corrected chi connectivity index (χ4v) is 4.91. The van der Waals surface area contributed by atoms with Crippen LogP contribution in [0.3, 0.4) is 0 Å². The first-order chi connectivity index (χ1) is 12.7. The van der Waals surface area contributed by atoms with Crippen LogP contribution < -0.4 is 5.32 Å². The fraction of sp³-hybridized carbons (Fsp3) is 0.400. The summed E-state index contributed by atoms with van der Waals surface area (Å²) >= 11 is 1.55. The van der Waals surface area contributed by atoms with Gasteiger partial charge in [-0.15, -0.1) is 23.7 Å². The Morgan fingerprint density at radius 3 is 2.85 bits per heavy atom. The van der Waals surface area contributed by atoms with Gasteiger partial charge in [-0.3, -0.25) is 4.79 Å². The Morgan fingerprint density at radius 1 is 1.33 bits per heavy atom. The number of aromatic nitrogens is 2. The Hall–Kier alpha value is -1.89. The van der Waals surface area contributed by atoms with Crippen molar-refractivity contribution in [3.63, 3.8) is 0 Å². The third-order valence-electron chi connectivity index (χ3n) is 5.06. The molecule has 1 N–H and O–H groups in total. The van der Waals surface area contributed by atoms with E-state index in [0.29, 0.717) is 5.92 Å². The highest BCUT2D eigenvalue weighted by atomic mass is 35.5. The van der Waals surface area contributed by atoms with Crippen LogP contribution in [0.5, 0.6) is 0 Å². The zero-order chi connectivity index (χ0) is 18.1. The summed E-state index contributed by atoms with van der Waals surface area (Å²) in [6.07, 6.45) is 2.28. The minimum Gasteiger partial charge on any atom is -0.338 e. The van der Waals surface area contributed by atoms with Crippen molar-refractivity contribution in [3.8, 4) is 5.69 Å². The lowest BCUT2D eigenvalue weighted by atomic mass is 9.98. The smallest absolute Gasteiger partial charge is 0.264 e. The van der Waals surface area contributed by atoms with E-state index in [1.54, 1.807) is 11.3 Å². The molecule has 1 aromatic carbocycles. The van der Waals surface area contributed by atoms with Crippen molar-refractivity contribution < 1.29 is 4.79 Å². The predicted octanol–water partition coefficient (Wildman–Crippen LogP) is 3.89. The number of carbonyl (C=O) groups excluding carboxylic acids is 1. The average Bonchev–Trinajstić information content (AvgIpc) is 3.23. The van der Waals surface area contributed by atoms with E-state index in [0.717, 1.165) is 52.5 Å². The summed E-state index contributed by atoms with van der Waals surface area (Å²) in [5, 5.41) is 8.98. The van der Waals surface area contributed by atoms with E-state index in [2.05, 4.69) is 10.4 Å². The van der Waals surface area contributed by atoms with E-state index >= 15 is 0 Å². The first-order valence-corrected chi connectivity index (χ1v) is 9.97. The molecule has 1 unspecified atom stereocenters. The first-order valence-electron chi connectivity index (χ1n) is 9.16. The van der Waals surface area contributed by atoms with E-state index in [4.69, 9.17) is 0 Å². The van der Waals surface area contributed by atoms with Gasteiger partial charge in [0.05, 0.1) is 16.3 Å². The number of likely N-dealkylation sites (tertiary alicyclic amines) is 1. The minimum absolute atomic E-state index is 0. The summed E-state index contributed by atoms with van der Waals surface area (Å²) in [6, 6.07) is 12.1. The molecule has 3 aromatic rings. The van der Waals surface area contributed by atoms with Gasteiger partial charge in [0, 0.05) is 18.5 Å². The highest BCUT2D eigenvalue weighted by Crippen LogP contribution is 2.31. The van der Waals surface area contributed by atoms with Gasteiger partial charge in [0.15, 0.2) is 0 Å². The molecule has 27 heavy (non-hydrogen) atoms. The van der Waals surface area contributed by atoms with Crippen LogP contribution in [-0.2, 0) is 0 Å². The maximum Gasteiger partial charge on any atom is 0.264 e. The normalized spacial score (nSPS) is 17.1. The average molecular weight is 405 g/mol. The van der Waals surface area contributed by atoms with E-state index in [1.807, 2.05) is 60.0 Å². The SMILES string of the molecule is CNCC1CCCN(C(=O)c2cc3c(C)nn(-c4ccccc4)c3s2)C1.Cl. The summed E-state index contributed by atoms with van der Waals surface area (Å²) in [6.45, 7) is 4.68. The van der Waals surface area contributed by atoms with Crippen LogP contribution in [0.15, 0.2) is 36.4 Å². The monoisotopic (exact) mass is 404 g/mol. The Kier molecular flexibility index (Phi) is 6.19. The molecule has 0 bridgehead atoms. The van der Waals surface area contributed by atoms with Crippen molar-refractivity contribution in [2.45, 2.75) is 19.8 Å². The number of piperidine rings is 1. The molecule has 5 nitrogen and oxygen atoms in total. The van der Waals surface area contributed by atoms with Crippen LogP contribution in [0.2, 0.25) is 0 Å². The van der Waals surface area contributed by atoms with Crippen LogP contribution >= 0.6 is 23.7 Å². The molecule has 144 valence electrons. The van der Waals surface area contributed by atoms with Crippen LogP contribution in [0.25, 0.3) is 15.9 Å². The van der Waals surface area contributed by atoms with Gasteiger partial charge in [-0.25, -0.2) is 4.68 Å². The Morgan fingerprint density at radius 2 is 2.11 bits per heavy atom. The highest BCUT2D eigenvalue weighted by Gasteiger charge is 2.26. The number of rotatable bonds is 4. The molecule has 1 aliphatic rings. The van der Waals surface area contributed by atoms with Crippen molar-refractivity contribution >= 4 is 39.9 Å². The molecule has 0 saturated carbocycles. The van der Waals surface area contributed by atoms with Crippen molar-refractivity contribution in [1.29, 1.82) is 0 Å². The summed E-state index contributed by atoms with van der Waals surface area (Å²) in [7, 11) is 1.98. The molecule has 1 atom stereocenters. The number of nitrogens with zero attached hydrogens (tertiary/aromatic N) is 3. The number of amides is 1. The second-order valence-electron chi connectivity index (χ2n) is 6.98. The molecule has 1 amide bonds. The number of carbonyl (C=O) groups is 1. The van der Waals surface area contributed by atoms with E-state index < -0.39 is 0 Å². The summed E-state index contributed by atoms with van der Waals surface area (Å²) in [5.74, 6) is 0.708. The van der Waals surface area contributed by atoms with Gasteiger partial charge in [-0.1, -0.05) is 18.2 Å². The van der Waals surface area contributed by atoms with E-state index in [-0.39, 0.29) is 18.3 Å². The van der Waals surface area contributed by atoms with Crippen LogP contribution in [0, 0.1) is 12.8 Å². The van der Waals surface area contributed by atoms with Gasteiger partial charge in [0.25, 0.3) is 5.91 Å². The predicted molar refractivity (Wildman–Crippen MR) is 113 cm³/mol. The third kappa shape index (κ3) is 3.88. The van der Waals surface area contributed by atoms with Gasteiger partial charge in [0.1, 0.15) is 4.83 Å². The lowest BCUT2D eigenvalue weighted by Gasteiger charge is -2.32. The number of aryl methyl sites for hydroxylation is 1. The molecule has 0 spiro atoms. The summed E-state index contributed by atoms with van der Waals surface area (Å²) in [5.41, 5.74) is 1.99. The molecule has 4 rings (SSSR count). The molecule has 0 aliphatic carbocycles. The van der Waals surface area contributed by atoms with E-state index in [1.165, 1.54) is 6.42 Å². The zero-order valence-electron chi connectivity index (χ0n) is 15.6. The Balaban J connectivity index is 0.00000210. The second-order valence-corrected chi connectivity index (χ2v) is 8.01. The summed E-state index contributed by atoms with van der Waals surface area (Å²) < 4.78 is 1.95. The third-order valence-corrected chi connectivity index (χ3v) is 6.15. The number of thiophene rings is 1. The molecule has 1 saturated heterocycles. The van der Waals surface area contributed by atoms with E-state index in [9.17, 15) is 4.79 Å². The van der Waals surface area contributed by atoms with Gasteiger partial charge < -0.3 is 10.2 Å². The van der Waals surface area contributed by atoms with Gasteiger partial charge in [-0.05, 0) is 57.5 Å². The number of hydrogen-bond donors (Lipinski definition) is 1. The zero-order valence-corrected chi connectivity index (χ0v) is 17.3. The van der Waals surface area contributed by atoms with Crippen molar-refractivity contribution in [2.75, 3.05) is 26.7 Å². The maximum atomic E-state index is 13.1. The van der Waals surface area contributed by atoms with Crippen molar-refractivity contribution in [3.05, 3.63) is 47.0 Å². The summed E-state index contributed by atoms with van der Waals surface area (Å²) in [4.78, 5) is 16.9. The van der Waals surface area contributed by atoms with Crippen molar-refractivity contribution in [1.82, 2.24) is 20.0 Å². The Labute approximate surface area is 169 Å². The number of fused-ring (bicyclic) bond motifs is 1. The maximum absolute atomic E-state index is 13.1. The Bertz CT molecular complexity index is 919. The largest absolute Gasteiger partial charge is 0.338 e. The topological polar surface area (TPSA) is 50.2 Å². The van der Waals surface area contributed by atoms with Gasteiger partial charge >= 0.3 is 0 Å². The highest BCUT2D eigenvalue weighted by molar-refractivity contribution is 7.20. The molecule has 1 fully saturated rings. The quantitative estimate of drug-likeness (QED) is 0.717.